The molecule has 2 N–H and O–H groups in total. The quantitative estimate of drug-likeness (QED) is 0.621. The molecule has 0 fully saturated rings. The first-order valence-corrected chi connectivity index (χ1v) is 4.07. The van der Waals surface area contributed by atoms with E-state index in [0.717, 1.165) is 16.6 Å². The summed E-state index contributed by atoms with van der Waals surface area (Å²) in [6, 6.07) is 5.78. The lowest BCUT2D eigenvalue weighted by atomic mass is 10.2. The lowest BCUT2D eigenvalue weighted by Gasteiger charge is -1.97. The minimum atomic E-state index is 0.714. The summed E-state index contributed by atoms with van der Waals surface area (Å²) in [6.45, 7) is 0. The molecule has 1 aromatic heterocycles. The van der Waals surface area contributed by atoms with E-state index in [2.05, 4.69) is 0 Å². The predicted molar refractivity (Wildman–Crippen MR) is 52.3 cm³/mol. The molecule has 0 saturated carbocycles. The van der Waals surface area contributed by atoms with E-state index in [1.54, 1.807) is 0 Å². The molecule has 1 aromatic carbocycles. The molecule has 0 spiro atoms. The summed E-state index contributed by atoms with van der Waals surface area (Å²) in [5, 5.41) is 1.66. The van der Waals surface area contributed by atoms with Gasteiger partial charge in [-0.2, -0.15) is 0 Å². The second kappa shape index (κ2) is 2.42. The second-order valence-electron chi connectivity index (χ2n) is 2.83. The molecular formula is C9H9ClN2. The Morgan fingerprint density at radius 3 is 2.83 bits per heavy atom. The van der Waals surface area contributed by atoms with E-state index in [4.69, 9.17) is 17.3 Å². The zero-order chi connectivity index (χ0) is 8.72. The highest BCUT2D eigenvalue weighted by molar-refractivity contribution is 6.36. The third-order valence-corrected chi connectivity index (χ3v) is 2.29. The number of hydrogen-bond acceptors (Lipinski definition) is 1. The Labute approximate surface area is 75.5 Å². The van der Waals surface area contributed by atoms with Crippen LogP contribution in [0.2, 0.25) is 5.02 Å². The summed E-state index contributed by atoms with van der Waals surface area (Å²) < 4.78 is 1.97. The first-order chi connectivity index (χ1) is 5.70. The summed E-state index contributed by atoms with van der Waals surface area (Å²) in [5.74, 6) is 0. The van der Waals surface area contributed by atoms with E-state index >= 15 is 0 Å². The zero-order valence-corrected chi connectivity index (χ0v) is 7.47. The van der Waals surface area contributed by atoms with Gasteiger partial charge < -0.3 is 10.3 Å². The van der Waals surface area contributed by atoms with Crippen LogP contribution < -0.4 is 5.73 Å². The van der Waals surface area contributed by atoms with Gasteiger partial charge in [0.2, 0.25) is 0 Å². The second-order valence-corrected chi connectivity index (χ2v) is 3.24. The average molecular weight is 181 g/mol. The number of aryl methyl sites for hydroxylation is 1. The van der Waals surface area contributed by atoms with Crippen molar-refractivity contribution in [2.45, 2.75) is 0 Å². The largest absolute Gasteiger partial charge is 0.398 e. The molecule has 0 aliphatic rings. The Balaban J connectivity index is 2.99. The van der Waals surface area contributed by atoms with Crippen LogP contribution in [0.1, 0.15) is 0 Å². The Morgan fingerprint density at radius 2 is 2.17 bits per heavy atom. The van der Waals surface area contributed by atoms with Gasteiger partial charge in [-0.3, -0.25) is 0 Å². The number of halogens is 1. The van der Waals surface area contributed by atoms with E-state index in [-0.39, 0.29) is 0 Å². The van der Waals surface area contributed by atoms with Crippen molar-refractivity contribution in [2.75, 3.05) is 5.73 Å². The summed E-state index contributed by atoms with van der Waals surface area (Å²) in [4.78, 5) is 0. The monoisotopic (exact) mass is 180 g/mol. The van der Waals surface area contributed by atoms with Crippen molar-refractivity contribution in [1.29, 1.82) is 0 Å². The number of hydrogen-bond donors (Lipinski definition) is 1. The van der Waals surface area contributed by atoms with Crippen molar-refractivity contribution in [3.63, 3.8) is 0 Å². The normalized spacial score (nSPS) is 10.8. The first-order valence-electron chi connectivity index (χ1n) is 3.69. The van der Waals surface area contributed by atoms with Gasteiger partial charge in [0.15, 0.2) is 0 Å². The molecule has 2 aromatic rings. The van der Waals surface area contributed by atoms with Gasteiger partial charge in [0.1, 0.15) is 0 Å². The van der Waals surface area contributed by atoms with Crippen LogP contribution in [0.4, 0.5) is 5.69 Å². The van der Waals surface area contributed by atoms with Crippen molar-refractivity contribution < 1.29 is 0 Å². The van der Waals surface area contributed by atoms with Gasteiger partial charge in [0.05, 0.1) is 10.5 Å². The van der Waals surface area contributed by atoms with Gasteiger partial charge in [-0.15, -0.1) is 0 Å². The summed E-state index contributed by atoms with van der Waals surface area (Å²) in [7, 11) is 1.95. The number of fused-ring (bicyclic) bond motifs is 1. The molecule has 3 heteroatoms. The van der Waals surface area contributed by atoms with E-state index in [9.17, 15) is 0 Å². The highest BCUT2D eigenvalue weighted by Crippen LogP contribution is 2.29. The van der Waals surface area contributed by atoms with Crippen LogP contribution in [0.25, 0.3) is 10.9 Å². The number of nitrogens with two attached hydrogens (primary N) is 1. The maximum Gasteiger partial charge on any atom is 0.0682 e. The molecule has 2 nitrogen and oxygen atoms in total. The number of nitrogen functional groups attached to an aromatic ring is 1. The summed E-state index contributed by atoms with van der Waals surface area (Å²) in [6.07, 6.45) is 1.86. The Hall–Kier alpha value is -1.15. The third kappa shape index (κ3) is 0.883. The molecule has 2 rings (SSSR count). The molecule has 62 valence electrons. The number of rotatable bonds is 0. The van der Waals surface area contributed by atoms with Crippen molar-refractivity contribution in [3.8, 4) is 0 Å². The standard InChI is InChI=1S/C9H9ClN2/c1-12-5-6(10)9-7(11)3-2-4-8(9)12/h2-5H,11H2,1H3. The van der Waals surface area contributed by atoms with Gasteiger partial charge in [-0.1, -0.05) is 17.7 Å². The fourth-order valence-corrected chi connectivity index (χ4v) is 1.77. The number of benzene rings is 1. The first kappa shape index (κ1) is 7.50. The maximum atomic E-state index is 5.98. The van der Waals surface area contributed by atoms with Crippen LogP contribution in [0, 0.1) is 0 Å². The molecule has 0 amide bonds. The summed E-state index contributed by atoms with van der Waals surface area (Å²) in [5.41, 5.74) is 7.58. The highest BCUT2D eigenvalue weighted by atomic mass is 35.5. The maximum absolute atomic E-state index is 5.98. The molecule has 0 unspecified atom stereocenters. The van der Waals surface area contributed by atoms with Crippen LogP contribution in [-0.4, -0.2) is 4.57 Å². The third-order valence-electron chi connectivity index (χ3n) is 2.00. The predicted octanol–water partition coefficient (Wildman–Crippen LogP) is 2.41. The molecule has 0 radical (unpaired) electrons. The van der Waals surface area contributed by atoms with Gasteiger partial charge in [0, 0.05) is 24.3 Å². The SMILES string of the molecule is Cn1cc(Cl)c2c(N)cccc21. The molecule has 0 bridgehead atoms. The van der Waals surface area contributed by atoms with E-state index in [1.165, 1.54) is 0 Å². The van der Waals surface area contributed by atoms with Gasteiger partial charge in [-0.05, 0) is 12.1 Å². The summed E-state index contributed by atoms with van der Waals surface area (Å²) >= 11 is 5.98. The van der Waals surface area contributed by atoms with Crippen molar-refractivity contribution in [3.05, 3.63) is 29.4 Å². The molecule has 0 aliphatic heterocycles. The van der Waals surface area contributed by atoms with Gasteiger partial charge in [-0.25, -0.2) is 0 Å². The molecule has 1 heterocycles. The number of anilines is 1. The molecule has 0 aliphatic carbocycles. The van der Waals surface area contributed by atoms with Crippen molar-refractivity contribution >= 4 is 28.2 Å². The van der Waals surface area contributed by atoms with Crippen LogP contribution in [0.3, 0.4) is 0 Å². The molecule has 12 heavy (non-hydrogen) atoms. The van der Waals surface area contributed by atoms with Crippen LogP contribution in [0.5, 0.6) is 0 Å². The molecule has 0 atom stereocenters. The minimum Gasteiger partial charge on any atom is -0.398 e. The average Bonchev–Trinajstić information content (AvgIpc) is 2.29. The molecular weight excluding hydrogens is 172 g/mol. The Morgan fingerprint density at radius 1 is 1.42 bits per heavy atom. The number of nitrogens with zero attached hydrogens (tertiary/aromatic N) is 1. The lowest BCUT2D eigenvalue weighted by Crippen LogP contribution is -1.87. The van der Waals surface area contributed by atoms with E-state index in [1.807, 2.05) is 36.0 Å². The smallest absolute Gasteiger partial charge is 0.0682 e. The lowest BCUT2D eigenvalue weighted by molar-refractivity contribution is 0.969. The Kier molecular flexibility index (Phi) is 1.51. The Bertz CT molecular complexity index is 431. The van der Waals surface area contributed by atoms with Crippen molar-refractivity contribution in [2.24, 2.45) is 7.05 Å². The zero-order valence-electron chi connectivity index (χ0n) is 6.71. The van der Waals surface area contributed by atoms with Crippen LogP contribution in [-0.2, 0) is 7.05 Å². The highest BCUT2D eigenvalue weighted by Gasteiger charge is 2.05. The fourth-order valence-electron chi connectivity index (χ4n) is 1.42. The van der Waals surface area contributed by atoms with Gasteiger partial charge in [0.25, 0.3) is 0 Å². The van der Waals surface area contributed by atoms with Gasteiger partial charge >= 0.3 is 0 Å². The number of aromatic nitrogens is 1. The topological polar surface area (TPSA) is 30.9 Å². The molecule has 0 saturated heterocycles. The van der Waals surface area contributed by atoms with E-state index in [0.29, 0.717) is 5.02 Å². The van der Waals surface area contributed by atoms with Crippen LogP contribution >= 0.6 is 11.6 Å². The van der Waals surface area contributed by atoms with Crippen LogP contribution in [0.15, 0.2) is 24.4 Å². The van der Waals surface area contributed by atoms with E-state index < -0.39 is 0 Å². The van der Waals surface area contributed by atoms with Crippen molar-refractivity contribution in [1.82, 2.24) is 4.57 Å². The fraction of sp³-hybridized carbons (Fsp3) is 0.111. The minimum absolute atomic E-state index is 0.714.